The van der Waals surface area contributed by atoms with Crippen molar-refractivity contribution < 1.29 is 0 Å². The van der Waals surface area contributed by atoms with Gasteiger partial charge in [-0.15, -0.1) is 0 Å². The molecule has 0 saturated carbocycles. The lowest BCUT2D eigenvalue weighted by atomic mass is 10.1. The Hall–Kier alpha value is -2.43. The Balaban J connectivity index is 2.01. The molecule has 5 nitrogen and oxygen atoms in total. The fraction of sp³-hybridized carbons (Fsp3) is 0.312. The summed E-state index contributed by atoms with van der Waals surface area (Å²) in [4.78, 5) is 19.7. The van der Waals surface area contributed by atoms with Gasteiger partial charge < -0.3 is 4.98 Å². The van der Waals surface area contributed by atoms with Crippen LogP contribution in [-0.4, -0.2) is 20.2 Å². The van der Waals surface area contributed by atoms with E-state index in [0.29, 0.717) is 11.3 Å². The van der Waals surface area contributed by atoms with E-state index in [-0.39, 0.29) is 5.56 Å². The summed E-state index contributed by atoms with van der Waals surface area (Å²) in [6.45, 7) is 4.33. The average Bonchev–Trinajstić information content (AvgIpc) is 2.99. The van der Waals surface area contributed by atoms with Crippen molar-refractivity contribution in [2.75, 3.05) is 0 Å². The molecular weight excluding hydrogens is 264 g/mol. The van der Waals surface area contributed by atoms with Crippen LogP contribution in [-0.2, 0) is 6.42 Å². The highest BCUT2D eigenvalue weighted by Crippen LogP contribution is 2.21. The minimum atomic E-state index is -0.0795. The van der Waals surface area contributed by atoms with E-state index in [4.69, 9.17) is 0 Å². The number of aryl methyl sites for hydroxylation is 1. The fourth-order valence-corrected chi connectivity index (χ4v) is 2.32. The molecule has 0 atom stereocenters. The highest BCUT2D eigenvalue weighted by atomic mass is 16.1. The van der Waals surface area contributed by atoms with Crippen LogP contribution >= 0.6 is 0 Å². The minimum Gasteiger partial charge on any atom is -0.310 e. The first-order valence-corrected chi connectivity index (χ1v) is 7.15. The molecule has 108 valence electrons. The molecule has 5 heteroatoms. The second-order valence-electron chi connectivity index (χ2n) is 5.66. The van der Waals surface area contributed by atoms with Crippen LogP contribution in [0.1, 0.15) is 26.1 Å². The van der Waals surface area contributed by atoms with Crippen LogP contribution in [0.4, 0.5) is 0 Å². The molecule has 0 aliphatic carbocycles. The third kappa shape index (κ3) is 2.86. The van der Waals surface area contributed by atoms with Crippen LogP contribution in [0.15, 0.2) is 35.4 Å². The summed E-state index contributed by atoms with van der Waals surface area (Å²) in [6, 6.07) is 5.72. The van der Waals surface area contributed by atoms with Gasteiger partial charge >= 0.3 is 0 Å². The predicted molar refractivity (Wildman–Crippen MR) is 83.1 cm³/mol. The molecule has 0 bridgehead atoms. The lowest BCUT2D eigenvalue weighted by Gasteiger charge is -2.06. The van der Waals surface area contributed by atoms with E-state index in [1.54, 1.807) is 12.4 Å². The maximum absolute atomic E-state index is 12.2. The molecule has 0 aliphatic rings. The van der Waals surface area contributed by atoms with E-state index in [0.717, 1.165) is 35.3 Å². The summed E-state index contributed by atoms with van der Waals surface area (Å²) in [5.74, 6) is 1.35. The summed E-state index contributed by atoms with van der Waals surface area (Å²) in [6.07, 6.45) is 5.35. The number of aromatic amines is 2. The predicted octanol–water partition coefficient (Wildman–Crippen LogP) is 2.90. The monoisotopic (exact) mass is 282 g/mol. The van der Waals surface area contributed by atoms with Gasteiger partial charge in [-0.2, -0.15) is 5.10 Å². The molecule has 3 aromatic rings. The molecule has 0 amide bonds. The Bertz CT molecular complexity index is 803. The van der Waals surface area contributed by atoms with Crippen molar-refractivity contribution >= 4 is 10.9 Å². The van der Waals surface area contributed by atoms with E-state index >= 15 is 0 Å². The van der Waals surface area contributed by atoms with Crippen molar-refractivity contribution in [1.29, 1.82) is 0 Å². The number of aromatic nitrogens is 4. The number of rotatable bonds is 4. The maximum Gasteiger partial charge on any atom is 0.258 e. The highest BCUT2D eigenvalue weighted by Gasteiger charge is 2.07. The Morgan fingerprint density at radius 3 is 2.81 bits per heavy atom. The zero-order valence-electron chi connectivity index (χ0n) is 12.2. The van der Waals surface area contributed by atoms with Gasteiger partial charge in [0.05, 0.1) is 17.1 Å². The third-order valence-corrected chi connectivity index (χ3v) is 3.54. The molecule has 0 aliphatic heterocycles. The van der Waals surface area contributed by atoms with Gasteiger partial charge in [-0.25, -0.2) is 4.98 Å². The smallest absolute Gasteiger partial charge is 0.258 e. The largest absolute Gasteiger partial charge is 0.310 e. The second-order valence-corrected chi connectivity index (χ2v) is 5.66. The molecule has 2 heterocycles. The lowest BCUT2D eigenvalue weighted by Crippen LogP contribution is -2.12. The van der Waals surface area contributed by atoms with E-state index in [2.05, 4.69) is 34.0 Å². The first kappa shape index (κ1) is 13.5. The molecule has 3 rings (SSSR count). The Kier molecular flexibility index (Phi) is 3.56. The van der Waals surface area contributed by atoms with Crippen molar-refractivity contribution in [3.63, 3.8) is 0 Å². The first-order chi connectivity index (χ1) is 10.1. The molecule has 0 spiro atoms. The van der Waals surface area contributed by atoms with Gasteiger partial charge in [-0.1, -0.05) is 19.9 Å². The van der Waals surface area contributed by atoms with Crippen molar-refractivity contribution in [1.82, 2.24) is 20.2 Å². The fourth-order valence-electron chi connectivity index (χ4n) is 2.32. The maximum atomic E-state index is 12.2. The number of hydrogen-bond acceptors (Lipinski definition) is 3. The Morgan fingerprint density at radius 2 is 2.10 bits per heavy atom. The number of fused-ring (bicyclic) bond motifs is 1. The summed E-state index contributed by atoms with van der Waals surface area (Å²) in [5.41, 5.74) is 2.58. The van der Waals surface area contributed by atoms with Gasteiger partial charge in [0.15, 0.2) is 0 Å². The molecule has 0 fully saturated rings. The van der Waals surface area contributed by atoms with Crippen LogP contribution in [0, 0.1) is 5.92 Å². The summed E-state index contributed by atoms with van der Waals surface area (Å²) < 4.78 is 0. The molecule has 0 unspecified atom stereocenters. The number of H-pyrrole nitrogens is 2. The number of nitrogens with zero attached hydrogens (tertiary/aromatic N) is 2. The minimum absolute atomic E-state index is 0.0795. The van der Waals surface area contributed by atoms with E-state index in [1.807, 2.05) is 18.2 Å². The normalized spacial score (nSPS) is 11.4. The third-order valence-electron chi connectivity index (χ3n) is 3.54. The summed E-state index contributed by atoms with van der Waals surface area (Å²) in [7, 11) is 0. The number of hydrogen-bond donors (Lipinski definition) is 2. The first-order valence-electron chi connectivity index (χ1n) is 7.15. The summed E-state index contributed by atoms with van der Waals surface area (Å²) >= 11 is 0. The van der Waals surface area contributed by atoms with E-state index < -0.39 is 0 Å². The Morgan fingerprint density at radius 1 is 1.24 bits per heavy atom. The van der Waals surface area contributed by atoms with Crippen LogP contribution in [0.2, 0.25) is 0 Å². The lowest BCUT2D eigenvalue weighted by molar-refractivity contribution is 0.575. The molecule has 2 aromatic heterocycles. The quantitative estimate of drug-likeness (QED) is 0.772. The number of nitrogens with one attached hydrogen (secondary N) is 2. The standard InChI is InChI=1S/C16H18N4O/c1-10(2)3-6-15-19-14-5-4-11(12-8-17-18-9-12)7-13(14)16(21)20-15/h4-5,7-10H,3,6H2,1-2H3,(H,17,18)(H,19,20,21). The van der Waals surface area contributed by atoms with Crippen LogP contribution in [0.5, 0.6) is 0 Å². The van der Waals surface area contributed by atoms with Crippen molar-refractivity contribution in [3.05, 3.63) is 46.8 Å². The highest BCUT2D eigenvalue weighted by molar-refractivity contribution is 5.83. The van der Waals surface area contributed by atoms with Crippen LogP contribution in [0.25, 0.3) is 22.0 Å². The van der Waals surface area contributed by atoms with E-state index in [9.17, 15) is 4.79 Å². The van der Waals surface area contributed by atoms with Gasteiger partial charge in [0.1, 0.15) is 5.82 Å². The molecule has 0 saturated heterocycles. The zero-order valence-corrected chi connectivity index (χ0v) is 12.2. The SMILES string of the molecule is CC(C)CCc1nc2ccc(-c3cn[nH]c3)cc2c(=O)[nH]1. The van der Waals surface area contributed by atoms with Crippen molar-refractivity contribution in [2.45, 2.75) is 26.7 Å². The molecule has 21 heavy (non-hydrogen) atoms. The molecule has 1 aromatic carbocycles. The van der Waals surface area contributed by atoms with Gasteiger partial charge in [-0.3, -0.25) is 9.89 Å². The number of benzene rings is 1. The van der Waals surface area contributed by atoms with Gasteiger partial charge in [0.25, 0.3) is 5.56 Å². The van der Waals surface area contributed by atoms with Crippen molar-refractivity contribution in [2.24, 2.45) is 5.92 Å². The van der Waals surface area contributed by atoms with Gasteiger partial charge in [0.2, 0.25) is 0 Å². The van der Waals surface area contributed by atoms with Crippen LogP contribution < -0.4 is 5.56 Å². The van der Waals surface area contributed by atoms with Crippen LogP contribution in [0.3, 0.4) is 0 Å². The van der Waals surface area contributed by atoms with Gasteiger partial charge in [0, 0.05) is 18.2 Å². The molecular formula is C16H18N4O. The molecule has 0 radical (unpaired) electrons. The second kappa shape index (κ2) is 5.52. The Labute approximate surface area is 122 Å². The average molecular weight is 282 g/mol. The van der Waals surface area contributed by atoms with Crippen molar-refractivity contribution in [3.8, 4) is 11.1 Å². The van der Waals surface area contributed by atoms with E-state index in [1.165, 1.54) is 0 Å². The zero-order chi connectivity index (χ0) is 14.8. The van der Waals surface area contributed by atoms with Gasteiger partial charge in [-0.05, 0) is 30.0 Å². The molecule has 2 N–H and O–H groups in total. The topological polar surface area (TPSA) is 74.4 Å². The summed E-state index contributed by atoms with van der Waals surface area (Å²) in [5, 5.41) is 7.32.